The van der Waals surface area contributed by atoms with Gasteiger partial charge in [0, 0.05) is 19.8 Å². The van der Waals surface area contributed by atoms with E-state index in [1.807, 2.05) is 0 Å². The van der Waals surface area contributed by atoms with Gasteiger partial charge in [-0.25, -0.2) is 0 Å². The first-order valence-corrected chi connectivity index (χ1v) is 3.58. The minimum absolute atomic E-state index is 1.14. The maximum atomic E-state index is 2.26. The second-order valence-electron chi connectivity index (χ2n) is 2.35. The second-order valence-corrected chi connectivity index (χ2v) is 2.35. The summed E-state index contributed by atoms with van der Waals surface area (Å²) >= 11 is 0. The lowest BCUT2D eigenvalue weighted by molar-refractivity contribution is 0.491. The molecule has 0 aliphatic carbocycles. The molecule has 0 radical (unpaired) electrons. The van der Waals surface area contributed by atoms with Gasteiger partial charge in [0.1, 0.15) is 0 Å². The molecule has 0 bridgehead atoms. The van der Waals surface area contributed by atoms with Crippen molar-refractivity contribution in [3.8, 4) is 0 Å². The summed E-state index contributed by atoms with van der Waals surface area (Å²) in [5, 5.41) is 0. The smallest absolute Gasteiger partial charge is 0.00840 e. The van der Waals surface area contributed by atoms with Gasteiger partial charge in [-0.15, -0.1) is 0 Å². The van der Waals surface area contributed by atoms with Crippen molar-refractivity contribution in [3.63, 3.8) is 0 Å². The van der Waals surface area contributed by atoms with Crippen LogP contribution in [0.2, 0.25) is 0 Å². The van der Waals surface area contributed by atoms with Gasteiger partial charge in [-0.1, -0.05) is 19.9 Å². The molecule has 0 spiro atoms. The molecule has 54 valence electrons. The van der Waals surface area contributed by atoms with Gasteiger partial charge in [0.15, 0.2) is 0 Å². The highest BCUT2D eigenvalue weighted by atomic mass is 15.1. The molecular formula is C8H17N. The van der Waals surface area contributed by atoms with Gasteiger partial charge in [-0.3, -0.25) is 0 Å². The molecule has 0 N–H and O–H groups in total. The van der Waals surface area contributed by atoms with Crippen molar-refractivity contribution in [3.05, 3.63) is 11.8 Å². The average Bonchev–Trinajstić information content (AvgIpc) is 1.82. The van der Waals surface area contributed by atoms with Gasteiger partial charge in [-0.05, 0) is 12.8 Å². The second kappa shape index (κ2) is 4.42. The van der Waals surface area contributed by atoms with Crippen molar-refractivity contribution in [2.75, 3.05) is 14.1 Å². The van der Waals surface area contributed by atoms with E-state index in [0.717, 1.165) is 12.8 Å². The molecule has 0 aromatic carbocycles. The van der Waals surface area contributed by atoms with Crippen molar-refractivity contribution < 1.29 is 0 Å². The topological polar surface area (TPSA) is 3.24 Å². The molecule has 0 unspecified atom stereocenters. The molecule has 0 saturated heterocycles. The summed E-state index contributed by atoms with van der Waals surface area (Å²) in [4.78, 5) is 2.17. The molecule has 0 saturated carbocycles. The Bertz CT molecular complexity index is 92.7. The third-order valence-corrected chi connectivity index (χ3v) is 1.38. The molecule has 0 rings (SSSR count). The van der Waals surface area contributed by atoms with Crippen LogP contribution in [0.5, 0.6) is 0 Å². The molecule has 1 heteroatoms. The van der Waals surface area contributed by atoms with Crippen molar-refractivity contribution in [1.82, 2.24) is 4.90 Å². The van der Waals surface area contributed by atoms with Gasteiger partial charge in [0.05, 0.1) is 0 Å². The Balaban J connectivity index is 3.81. The standard InChI is InChI=1S/C8H17N/c1-5-7-8(6-2)9(3)4/h7H,5-6H2,1-4H3/b8-7+. The van der Waals surface area contributed by atoms with Crippen LogP contribution in [0, 0.1) is 0 Å². The molecule has 0 heterocycles. The van der Waals surface area contributed by atoms with E-state index in [1.165, 1.54) is 5.70 Å². The van der Waals surface area contributed by atoms with Crippen molar-refractivity contribution in [2.24, 2.45) is 0 Å². The van der Waals surface area contributed by atoms with Crippen LogP contribution in [0.1, 0.15) is 26.7 Å². The highest BCUT2D eigenvalue weighted by molar-refractivity contribution is 4.97. The van der Waals surface area contributed by atoms with E-state index in [1.54, 1.807) is 0 Å². The van der Waals surface area contributed by atoms with E-state index < -0.39 is 0 Å². The SMILES string of the molecule is CC/C=C(\CC)N(C)C. The first-order chi connectivity index (χ1) is 4.22. The molecular weight excluding hydrogens is 110 g/mol. The van der Waals surface area contributed by atoms with Gasteiger partial charge in [0.2, 0.25) is 0 Å². The minimum atomic E-state index is 1.14. The third kappa shape index (κ3) is 3.17. The zero-order valence-corrected chi connectivity index (χ0v) is 6.94. The number of rotatable bonds is 3. The Labute approximate surface area is 58.4 Å². The Kier molecular flexibility index (Phi) is 4.20. The normalized spacial score (nSPS) is 11.8. The highest BCUT2D eigenvalue weighted by Crippen LogP contribution is 2.03. The van der Waals surface area contributed by atoms with Gasteiger partial charge in [-0.2, -0.15) is 0 Å². The fraction of sp³-hybridized carbons (Fsp3) is 0.750. The van der Waals surface area contributed by atoms with E-state index in [-0.39, 0.29) is 0 Å². The van der Waals surface area contributed by atoms with Gasteiger partial charge < -0.3 is 4.90 Å². The third-order valence-electron chi connectivity index (χ3n) is 1.38. The molecule has 0 fully saturated rings. The van der Waals surface area contributed by atoms with E-state index in [0.29, 0.717) is 0 Å². The average molecular weight is 127 g/mol. The summed E-state index contributed by atoms with van der Waals surface area (Å²) in [5.41, 5.74) is 1.43. The minimum Gasteiger partial charge on any atom is -0.381 e. The Hall–Kier alpha value is -0.460. The number of allylic oxidation sites excluding steroid dienone is 2. The zero-order valence-electron chi connectivity index (χ0n) is 6.94. The van der Waals surface area contributed by atoms with Crippen LogP contribution in [-0.2, 0) is 0 Å². The van der Waals surface area contributed by atoms with Crippen LogP contribution in [0.15, 0.2) is 11.8 Å². The maximum Gasteiger partial charge on any atom is 0.00840 e. The zero-order chi connectivity index (χ0) is 7.28. The fourth-order valence-electron chi connectivity index (χ4n) is 0.879. The van der Waals surface area contributed by atoms with Crippen molar-refractivity contribution in [2.45, 2.75) is 26.7 Å². The highest BCUT2D eigenvalue weighted by Gasteiger charge is 1.91. The lowest BCUT2D eigenvalue weighted by Crippen LogP contribution is -2.09. The van der Waals surface area contributed by atoms with Gasteiger partial charge >= 0.3 is 0 Å². The maximum absolute atomic E-state index is 2.26. The molecule has 1 nitrogen and oxygen atoms in total. The van der Waals surface area contributed by atoms with Crippen LogP contribution in [-0.4, -0.2) is 19.0 Å². The lowest BCUT2D eigenvalue weighted by atomic mass is 10.3. The monoisotopic (exact) mass is 127 g/mol. The molecule has 9 heavy (non-hydrogen) atoms. The van der Waals surface area contributed by atoms with Crippen LogP contribution >= 0.6 is 0 Å². The summed E-state index contributed by atoms with van der Waals surface area (Å²) in [6, 6.07) is 0. The summed E-state index contributed by atoms with van der Waals surface area (Å²) in [6.07, 6.45) is 4.54. The Morgan fingerprint density at radius 1 is 1.33 bits per heavy atom. The van der Waals surface area contributed by atoms with Crippen molar-refractivity contribution in [1.29, 1.82) is 0 Å². The molecule has 0 aliphatic rings. The first kappa shape index (κ1) is 8.54. The molecule has 0 aromatic heterocycles. The van der Waals surface area contributed by atoms with Gasteiger partial charge in [0.25, 0.3) is 0 Å². The van der Waals surface area contributed by atoms with Crippen molar-refractivity contribution >= 4 is 0 Å². The lowest BCUT2D eigenvalue weighted by Gasteiger charge is -2.14. The Morgan fingerprint density at radius 3 is 2.00 bits per heavy atom. The predicted octanol–water partition coefficient (Wildman–Crippen LogP) is 2.25. The quantitative estimate of drug-likeness (QED) is 0.562. The van der Waals surface area contributed by atoms with E-state index in [9.17, 15) is 0 Å². The van der Waals surface area contributed by atoms with Crippen LogP contribution in [0.25, 0.3) is 0 Å². The number of hydrogen-bond donors (Lipinski definition) is 0. The molecule has 0 atom stereocenters. The number of nitrogens with zero attached hydrogens (tertiary/aromatic N) is 1. The van der Waals surface area contributed by atoms with Crippen LogP contribution in [0.3, 0.4) is 0 Å². The fourth-order valence-corrected chi connectivity index (χ4v) is 0.879. The largest absolute Gasteiger partial charge is 0.381 e. The van der Waals surface area contributed by atoms with E-state index in [4.69, 9.17) is 0 Å². The molecule has 0 aromatic rings. The predicted molar refractivity (Wildman–Crippen MR) is 42.4 cm³/mol. The summed E-state index contributed by atoms with van der Waals surface area (Å²) in [6.45, 7) is 4.35. The van der Waals surface area contributed by atoms with E-state index in [2.05, 4.69) is 38.9 Å². The molecule has 0 amide bonds. The van der Waals surface area contributed by atoms with Crippen LogP contribution in [0.4, 0.5) is 0 Å². The summed E-state index contributed by atoms with van der Waals surface area (Å²) in [7, 11) is 4.18. The Morgan fingerprint density at radius 2 is 1.89 bits per heavy atom. The van der Waals surface area contributed by atoms with Crippen LogP contribution < -0.4 is 0 Å². The summed E-state index contributed by atoms with van der Waals surface area (Å²) in [5.74, 6) is 0. The molecule has 0 aliphatic heterocycles. The van der Waals surface area contributed by atoms with E-state index >= 15 is 0 Å². The first-order valence-electron chi connectivity index (χ1n) is 3.58. The number of hydrogen-bond acceptors (Lipinski definition) is 1. The summed E-state index contributed by atoms with van der Waals surface area (Å²) < 4.78 is 0.